The number of anilines is 1. The fourth-order valence-electron chi connectivity index (χ4n) is 4.33. The molecule has 7 nitrogen and oxygen atoms in total. The number of halogens is 3. The molecule has 2 aromatic rings. The van der Waals surface area contributed by atoms with E-state index >= 15 is 0 Å². The van der Waals surface area contributed by atoms with Gasteiger partial charge >= 0.3 is 6.18 Å². The highest BCUT2D eigenvalue weighted by molar-refractivity contribution is 6.20. The Morgan fingerprint density at radius 2 is 1.78 bits per heavy atom. The second kappa shape index (κ2) is 11.4. The average Bonchev–Trinajstić information content (AvgIpc) is 2.95. The Labute approximate surface area is 207 Å². The average molecular weight is 503 g/mol. The smallest absolute Gasteiger partial charge is 0.369 e. The van der Waals surface area contributed by atoms with Crippen molar-refractivity contribution in [2.75, 3.05) is 5.32 Å². The summed E-state index contributed by atoms with van der Waals surface area (Å²) in [7, 11) is 0. The van der Waals surface area contributed by atoms with E-state index in [0.29, 0.717) is 28.9 Å². The van der Waals surface area contributed by atoms with Crippen LogP contribution in [0.5, 0.6) is 0 Å². The number of para-hydroxylation sites is 1. The summed E-state index contributed by atoms with van der Waals surface area (Å²) in [5, 5.41) is 5.26. The van der Waals surface area contributed by atoms with Gasteiger partial charge in [0, 0.05) is 29.4 Å². The molecule has 0 bridgehead atoms. The van der Waals surface area contributed by atoms with Crippen molar-refractivity contribution in [3.8, 4) is 0 Å². The number of benzodiazepines with no additional fused rings is 1. The van der Waals surface area contributed by atoms with Gasteiger partial charge in [-0.1, -0.05) is 61.9 Å². The molecule has 0 saturated carbocycles. The van der Waals surface area contributed by atoms with E-state index in [1.165, 1.54) is 0 Å². The molecule has 1 aliphatic heterocycles. The molecule has 10 heteroatoms. The first-order chi connectivity index (χ1) is 17.0. The number of nitrogens with zero attached hydrogens (tertiary/aromatic N) is 1. The highest BCUT2D eigenvalue weighted by Crippen LogP contribution is 2.31. The van der Waals surface area contributed by atoms with E-state index in [2.05, 4.69) is 15.6 Å². The summed E-state index contributed by atoms with van der Waals surface area (Å²) in [5.74, 6) is -4.86. The molecule has 0 fully saturated rings. The van der Waals surface area contributed by atoms with E-state index < -0.39 is 54.7 Å². The van der Waals surface area contributed by atoms with Crippen LogP contribution in [-0.4, -0.2) is 35.8 Å². The highest BCUT2D eigenvalue weighted by atomic mass is 19.4. The molecule has 0 aromatic heterocycles. The number of hydrogen-bond donors (Lipinski definition) is 3. The molecule has 1 heterocycles. The van der Waals surface area contributed by atoms with Gasteiger partial charge in [-0.15, -0.1) is 0 Å². The Morgan fingerprint density at radius 1 is 1.08 bits per heavy atom. The molecule has 3 rings (SSSR count). The number of carbonyl (C=O) groups excluding carboxylic acids is 3. The predicted octanol–water partition coefficient (Wildman–Crippen LogP) is 4.09. The number of primary amides is 1. The number of nitrogens with two attached hydrogens (primary N) is 1. The first kappa shape index (κ1) is 26.9. The molecular weight excluding hydrogens is 473 g/mol. The van der Waals surface area contributed by atoms with E-state index in [1.54, 1.807) is 37.3 Å². The van der Waals surface area contributed by atoms with E-state index in [4.69, 9.17) is 5.73 Å². The van der Waals surface area contributed by atoms with Crippen molar-refractivity contribution in [1.82, 2.24) is 5.32 Å². The fraction of sp³-hybridized carbons (Fsp3) is 0.385. The van der Waals surface area contributed by atoms with Crippen LogP contribution in [0.2, 0.25) is 0 Å². The maximum absolute atomic E-state index is 13.3. The summed E-state index contributed by atoms with van der Waals surface area (Å²) in [6, 6.07) is 14.4. The van der Waals surface area contributed by atoms with E-state index in [-0.39, 0.29) is 6.42 Å². The molecule has 3 amide bonds. The zero-order chi connectivity index (χ0) is 26.5. The van der Waals surface area contributed by atoms with Crippen LogP contribution in [0.15, 0.2) is 53.5 Å². The van der Waals surface area contributed by atoms with Crippen molar-refractivity contribution in [3.05, 3.63) is 65.2 Å². The van der Waals surface area contributed by atoms with Gasteiger partial charge in [0.25, 0.3) is 5.91 Å². The van der Waals surface area contributed by atoms with Crippen LogP contribution in [0.4, 0.5) is 18.9 Å². The van der Waals surface area contributed by atoms with E-state index in [9.17, 15) is 27.6 Å². The second-order valence-corrected chi connectivity index (χ2v) is 8.80. The summed E-state index contributed by atoms with van der Waals surface area (Å²) >= 11 is 0. The van der Waals surface area contributed by atoms with Gasteiger partial charge in [0.2, 0.25) is 18.0 Å². The second-order valence-electron chi connectivity index (χ2n) is 8.80. The summed E-state index contributed by atoms with van der Waals surface area (Å²) in [4.78, 5) is 42.9. The van der Waals surface area contributed by atoms with Crippen LogP contribution >= 0.6 is 0 Å². The van der Waals surface area contributed by atoms with Crippen LogP contribution in [0.25, 0.3) is 0 Å². The number of aryl methyl sites for hydroxylation is 1. The minimum atomic E-state index is -4.52. The van der Waals surface area contributed by atoms with Crippen molar-refractivity contribution in [2.24, 2.45) is 22.6 Å². The van der Waals surface area contributed by atoms with Crippen LogP contribution in [-0.2, 0) is 14.4 Å². The number of fused-ring (bicyclic) bond motifs is 1. The van der Waals surface area contributed by atoms with Gasteiger partial charge in [-0.25, -0.2) is 4.99 Å². The summed E-state index contributed by atoms with van der Waals surface area (Å²) in [6.07, 6.45) is -7.26. The van der Waals surface area contributed by atoms with Crippen molar-refractivity contribution in [2.45, 2.75) is 51.9 Å². The Morgan fingerprint density at radius 3 is 2.39 bits per heavy atom. The molecule has 2 aromatic carbocycles. The van der Waals surface area contributed by atoms with Crippen LogP contribution < -0.4 is 16.4 Å². The number of aliphatic imine (C=N–C) groups is 1. The molecule has 192 valence electrons. The number of rotatable bonds is 9. The lowest BCUT2D eigenvalue weighted by atomic mass is 9.83. The monoisotopic (exact) mass is 502 g/mol. The first-order valence-corrected chi connectivity index (χ1v) is 11.7. The quantitative estimate of drug-likeness (QED) is 0.480. The first-order valence-electron chi connectivity index (χ1n) is 11.7. The van der Waals surface area contributed by atoms with Gasteiger partial charge in [-0.05, 0) is 25.3 Å². The maximum atomic E-state index is 13.3. The highest BCUT2D eigenvalue weighted by Gasteiger charge is 2.38. The van der Waals surface area contributed by atoms with Crippen molar-refractivity contribution in [1.29, 1.82) is 0 Å². The van der Waals surface area contributed by atoms with Crippen LogP contribution in [0.3, 0.4) is 0 Å². The van der Waals surface area contributed by atoms with Crippen molar-refractivity contribution in [3.63, 3.8) is 0 Å². The summed E-state index contributed by atoms with van der Waals surface area (Å²) in [6.45, 7) is 3.55. The molecule has 3 unspecified atom stereocenters. The molecule has 0 saturated heterocycles. The zero-order valence-electron chi connectivity index (χ0n) is 20.1. The van der Waals surface area contributed by atoms with Gasteiger partial charge in [-0.3, -0.25) is 14.4 Å². The topological polar surface area (TPSA) is 114 Å². The third-order valence-corrected chi connectivity index (χ3v) is 6.14. The Hall–Kier alpha value is -3.69. The molecule has 0 aliphatic carbocycles. The van der Waals surface area contributed by atoms with E-state index in [0.717, 1.165) is 5.56 Å². The van der Waals surface area contributed by atoms with Gasteiger partial charge in [0.05, 0.1) is 11.4 Å². The number of carbonyl (C=O) groups is 3. The minimum Gasteiger partial charge on any atom is -0.369 e. The number of hydrogen-bond acceptors (Lipinski definition) is 4. The molecule has 4 N–H and O–H groups in total. The summed E-state index contributed by atoms with van der Waals surface area (Å²) in [5.41, 5.74) is 8.51. The molecule has 1 aliphatic rings. The van der Waals surface area contributed by atoms with Gasteiger partial charge in [-0.2, -0.15) is 13.2 Å². The fourth-order valence-corrected chi connectivity index (χ4v) is 4.33. The lowest BCUT2D eigenvalue weighted by molar-refractivity contribution is -0.146. The molecule has 36 heavy (non-hydrogen) atoms. The molecule has 0 radical (unpaired) electrons. The third-order valence-electron chi connectivity index (χ3n) is 6.14. The molecule has 0 spiro atoms. The maximum Gasteiger partial charge on any atom is 0.389 e. The Balaban J connectivity index is 1.99. The van der Waals surface area contributed by atoms with Crippen LogP contribution in [0.1, 0.15) is 49.3 Å². The zero-order valence-corrected chi connectivity index (χ0v) is 20.1. The third kappa shape index (κ3) is 6.50. The van der Waals surface area contributed by atoms with Gasteiger partial charge < -0.3 is 16.4 Å². The number of amides is 3. The van der Waals surface area contributed by atoms with E-state index in [1.807, 2.05) is 25.1 Å². The standard InChI is InChI=1S/C26H29F3N4O3/c1-3-8-17(22(30)34)18(13-14-26(27,28)29)24(35)33-23-25(36)32-20-15(2)9-7-12-19(20)21(31-23)16-10-5-4-6-11-16/h4-7,9-12,17-18,23H,3,8,13-14H2,1-2H3,(H2,30,34)(H,32,36)(H,33,35). The SMILES string of the molecule is CCCC(C(N)=O)C(CCC(F)(F)F)C(=O)NC1N=C(c2ccccc2)c2cccc(C)c2NC1=O. The Bertz CT molecular complexity index is 1150. The predicted molar refractivity (Wildman–Crippen MR) is 130 cm³/mol. The van der Waals surface area contributed by atoms with Gasteiger partial charge in [0.15, 0.2) is 0 Å². The Kier molecular flexibility index (Phi) is 8.49. The largest absolute Gasteiger partial charge is 0.389 e. The molecule has 3 atom stereocenters. The number of nitrogens with one attached hydrogen (secondary N) is 2. The van der Waals surface area contributed by atoms with Gasteiger partial charge in [0.1, 0.15) is 0 Å². The lowest BCUT2D eigenvalue weighted by Gasteiger charge is -2.25. The molecular formula is C26H29F3N4O3. The van der Waals surface area contributed by atoms with Crippen molar-refractivity contribution < 1.29 is 27.6 Å². The number of benzene rings is 2. The van der Waals surface area contributed by atoms with Crippen molar-refractivity contribution >= 4 is 29.1 Å². The minimum absolute atomic E-state index is 0.144. The lowest BCUT2D eigenvalue weighted by Crippen LogP contribution is -2.48. The normalized spacial score (nSPS) is 17.2. The van der Waals surface area contributed by atoms with Crippen LogP contribution in [0, 0.1) is 18.8 Å². The number of alkyl halides is 3. The summed E-state index contributed by atoms with van der Waals surface area (Å²) < 4.78 is 39.0.